The highest BCUT2D eigenvalue weighted by molar-refractivity contribution is 5.77. The number of carbonyl (C=O) groups is 1. The zero-order valence-electron chi connectivity index (χ0n) is 4.74. The number of nitrogens with zero attached hydrogens (tertiary/aromatic N) is 1. The Morgan fingerprint density at radius 2 is 2.00 bits per heavy atom. The van der Waals surface area contributed by atoms with Gasteiger partial charge in [-0.2, -0.15) is 0 Å². The Balaban J connectivity index is 4.16. The highest BCUT2D eigenvalue weighted by Gasteiger charge is 2.16. The number of aliphatic hydroxyl groups excluding tert-OH is 1. The van der Waals surface area contributed by atoms with Gasteiger partial charge in [0.25, 0.3) is 0 Å². The number of aliphatic carboxylic acids is 1. The first kappa shape index (κ1) is 7.68. The van der Waals surface area contributed by atoms with Gasteiger partial charge in [0.2, 0.25) is 6.04 Å². The van der Waals surface area contributed by atoms with Gasteiger partial charge in [-0.05, 0) is 6.72 Å². The highest BCUT2D eigenvalue weighted by Crippen LogP contribution is 1.98. The molecule has 0 rings (SSSR count). The third-order valence-electron chi connectivity index (χ3n) is 0.732. The summed E-state index contributed by atoms with van der Waals surface area (Å²) in [6, 6.07) is -1.29. The molecule has 0 heterocycles. The van der Waals surface area contributed by atoms with E-state index in [0.29, 0.717) is 0 Å². The van der Waals surface area contributed by atoms with Crippen LogP contribution in [0.4, 0.5) is 0 Å². The van der Waals surface area contributed by atoms with E-state index in [2.05, 4.69) is 18.3 Å². The molecule has 1 atom stereocenters. The lowest BCUT2D eigenvalue weighted by Gasteiger charge is -2.01. The maximum absolute atomic E-state index is 10.0. The summed E-state index contributed by atoms with van der Waals surface area (Å²) < 4.78 is 0. The van der Waals surface area contributed by atoms with Gasteiger partial charge in [-0.25, -0.2) is 4.79 Å². The standard InChI is InChI=1S/C5H7NO3/c1-3(7)4(6-2)5(8)9/h4,7H,1-2H2,(H,8,9)/t4-/m0/s1. The second-order valence-electron chi connectivity index (χ2n) is 1.41. The molecule has 0 radical (unpaired) electrons. The number of hydrogen-bond acceptors (Lipinski definition) is 3. The fourth-order valence-electron chi connectivity index (χ4n) is 0.326. The molecule has 0 aliphatic carbocycles. The molecule has 0 spiro atoms. The molecule has 0 aliphatic rings. The van der Waals surface area contributed by atoms with E-state index in [1.807, 2.05) is 0 Å². The van der Waals surface area contributed by atoms with Gasteiger partial charge in [0, 0.05) is 0 Å². The van der Waals surface area contributed by atoms with Crippen LogP contribution in [-0.2, 0) is 4.79 Å². The lowest BCUT2D eigenvalue weighted by atomic mass is 10.3. The fourth-order valence-corrected chi connectivity index (χ4v) is 0.326. The third-order valence-corrected chi connectivity index (χ3v) is 0.732. The van der Waals surface area contributed by atoms with Crippen molar-refractivity contribution in [1.29, 1.82) is 0 Å². The molecular formula is C5H7NO3. The summed E-state index contributed by atoms with van der Waals surface area (Å²) in [5.41, 5.74) is 0. The lowest BCUT2D eigenvalue weighted by molar-refractivity contribution is -0.138. The van der Waals surface area contributed by atoms with Crippen LogP contribution in [0.3, 0.4) is 0 Å². The minimum atomic E-state index is -1.29. The lowest BCUT2D eigenvalue weighted by Crippen LogP contribution is -2.18. The third kappa shape index (κ3) is 1.94. The van der Waals surface area contributed by atoms with E-state index in [4.69, 9.17) is 10.2 Å². The van der Waals surface area contributed by atoms with Crippen molar-refractivity contribution in [2.45, 2.75) is 6.04 Å². The quantitative estimate of drug-likeness (QED) is 0.422. The van der Waals surface area contributed by atoms with Gasteiger partial charge < -0.3 is 10.2 Å². The molecule has 0 aromatic rings. The average Bonchev–Trinajstić information content (AvgIpc) is 1.64. The van der Waals surface area contributed by atoms with Crippen LogP contribution in [0.2, 0.25) is 0 Å². The van der Waals surface area contributed by atoms with E-state index in [9.17, 15) is 4.79 Å². The Hall–Kier alpha value is -1.32. The first-order valence-electron chi connectivity index (χ1n) is 2.16. The molecule has 0 fully saturated rings. The summed E-state index contributed by atoms with van der Waals surface area (Å²) in [6.07, 6.45) is 0. The molecule has 0 saturated heterocycles. The SMILES string of the molecule is C=N[C@@H](C(=C)O)C(=O)O. The Morgan fingerprint density at radius 1 is 1.56 bits per heavy atom. The molecular weight excluding hydrogens is 122 g/mol. The van der Waals surface area contributed by atoms with Crippen LogP contribution in [0.1, 0.15) is 0 Å². The topological polar surface area (TPSA) is 69.9 Å². The Labute approximate surface area is 52.2 Å². The van der Waals surface area contributed by atoms with Crippen LogP contribution >= 0.6 is 0 Å². The maximum atomic E-state index is 10.0. The molecule has 0 bridgehead atoms. The molecule has 0 aliphatic heterocycles. The molecule has 0 aromatic heterocycles. The largest absolute Gasteiger partial charge is 0.510 e. The minimum absolute atomic E-state index is 0.502. The van der Waals surface area contributed by atoms with Gasteiger partial charge in [-0.15, -0.1) is 0 Å². The van der Waals surface area contributed by atoms with Crippen LogP contribution in [0.25, 0.3) is 0 Å². The molecule has 0 saturated carbocycles. The van der Waals surface area contributed by atoms with Gasteiger partial charge in [0.1, 0.15) is 5.76 Å². The van der Waals surface area contributed by atoms with E-state index < -0.39 is 17.8 Å². The second kappa shape index (κ2) is 2.86. The molecule has 4 nitrogen and oxygen atoms in total. The molecule has 50 valence electrons. The Bertz CT molecular complexity index is 138. The number of carboxylic acid groups (broad SMARTS) is 1. The summed E-state index contributed by atoms with van der Waals surface area (Å²) >= 11 is 0. The second-order valence-corrected chi connectivity index (χ2v) is 1.41. The first-order valence-corrected chi connectivity index (χ1v) is 2.16. The number of rotatable bonds is 3. The molecule has 0 unspecified atom stereocenters. The number of carboxylic acids is 1. The van der Waals surface area contributed by atoms with Crippen LogP contribution in [0.5, 0.6) is 0 Å². The summed E-state index contributed by atoms with van der Waals surface area (Å²) in [4.78, 5) is 13.1. The van der Waals surface area contributed by atoms with Crippen molar-refractivity contribution >= 4 is 12.7 Å². The van der Waals surface area contributed by atoms with Gasteiger partial charge in [-0.1, -0.05) is 6.58 Å². The summed E-state index contributed by atoms with van der Waals surface area (Å²) in [5.74, 6) is -1.75. The van der Waals surface area contributed by atoms with E-state index >= 15 is 0 Å². The predicted molar refractivity (Wildman–Crippen MR) is 32.7 cm³/mol. The normalized spacial score (nSPS) is 12.0. The van der Waals surface area contributed by atoms with E-state index in [1.54, 1.807) is 0 Å². The summed E-state index contributed by atoms with van der Waals surface area (Å²) in [5, 5.41) is 16.7. The van der Waals surface area contributed by atoms with Crippen molar-refractivity contribution in [3.63, 3.8) is 0 Å². The maximum Gasteiger partial charge on any atom is 0.336 e. The zero-order chi connectivity index (χ0) is 7.44. The molecule has 2 N–H and O–H groups in total. The number of aliphatic hydroxyl groups is 1. The van der Waals surface area contributed by atoms with Crippen molar-refractivity contribution in [1.82, 2.24) is 0 Å². The number of hydrogen-bond donors (Lipinski definition) is 2. The Morgan fingerprint density at radius 3 is 2.00 bits per heavy atom. The predicted octanol–water partition coefficient (Wildman–Crippen LogP) is 0.212. The van der Waals surface area contributed by atoms with Crippen molar-refractivity contribution < 1.29 is 15.0 Å². The van der Waals surface area contributed by atoms with Crippen LogP contribution in [-0.4, -0.2) is 28.9 Å². The van der Waals surface area contributed by atoms with Crippen molar-refractivity contribution in [3.05, 3.63) is 12.3 Å². The number of aliphatic imine (C=N–C) groups is 1. The zero-order valence-corrected chi connectivity index (χ0v) is 4.74. The van der Waals surface area contributed by atoms with Gasteiger partial charge in [0.15, 0.2) is 0 Å². The van der Waals surface area contributed by atoms with Gasteiger partial charge in [-0.3, -0.25) is 4.99 Å². The van der Waals surface area contributed by atoms with Crippen molar-refractivity contribution in [3.8, 4) is 0 Å². The van der Waals surface area contributed by atoms with Crippen LogP contribution in [0, 0.1) is 0 Å². The fraction of sp³-hybridized carbons (Fsp3) is 0.200. The monoisotopic (exact) mass is 129 g/mol. The van der Waals surface area contributed by atoms with E-state index in [-0.39, 0.29) is 0 Å². The van der Waals surface area contributed by atoms with Crippen LogP contribution in [0.15, 0.2) is 17.3 Å². The van der Waals surface area contributed by atoms with Crippen molar-refractivity contribution in [2.75, 3.05) is 0 Å². The van der Waals surface area contributed by atoms with E-state index in [0.717, 1.165) is 0 Å². The average molecular weight is 129 g/mol. The molecule has 4 heteroatoms. The molecule has 0 amide bonds. The summed E-state index contributed by atoms with van der Waals surface area (Å²) in [7, 11) is 0. The molecule has 0 aromatic carbocycles. The first-order chi connectivity index (χ1) is 4.09. The van der Waals surface area contributed by atoms with Crippen LogP contribution < -0.4 is 0 Å². The smallest absolute Gasteiger partial charge is 0.336 e. The van der Waals surface area contributed by atoms with Crippen molar-refractivity contribution in [2.24, 2.45) is 4.99 Å². The molecule has 9 heavy (non-hydrogen) atoms. The van der Waals surface area contributed by atoms with Gasteiger partial charge >= 0.3 is 5.97 Å². The van der Waals surface area contributed by atoms with Gasteiger partial charge in [0.05, 0.1) is 0 Å². The summed E-state index contributed by atoms with van der Waals surface area (Å²) in [6.45, 7) is 5.94. The minimum Gasteiger partial charge on any atom is -0.510 e. The highest BCUT2D eigenvalue weighted by atomic mass is 16.4. The van der Waals surface area contributed by atoms with E-state index in [1.165, 1.54) is 0 Å². The Kier molecular flexibility index (Phi) is 2.44.